The second-order valence-electron chi connectivity index (χ2n) is 8.01. The van der Waals surface area contributed by atoms with Crippen LogP contribution in [-0.2, 0) is 6.42 Å². The molecule has 2 aromatic rings. The van der Waals surface area contributed by atoms with E-state index in [2.05, 4.69) is 71.9 Å². The van der Waals surface area contributed by atoms with Crippen LogP contribution in [0, 0.1) is 0 Å². The first-order valence-electron chi connectivity index (χ1n) is 11.1. The number of aromatic nitrogens is 1. The van der Waals surface area contributed by atoms with Gasteiger partial charge in [0.1, 0.15) is 0 Å². The summed E-state index contributed by atoms with van der Waals surface area (Å²) < 4.78 is 0. The van der Waals surface area contributed by atoms with E-state index < -0.39 is 16.1 Å². The van der Waals surface area contributed by atoms with Crippen molar-refractivity contribution in [3.05, 3.63) is 53.9 Å². The maximum atomic E-state index is 4.71. The molecule has 0 fully saturated rings. The summed E-state index contributed by atoms with van der Waals surface area (Å²) in [5.41, 5.74) is 2.90. The lowest BCUT2D eigenvalue weighted by atomic mass is 10.1. The average Bonchev–Trinajstić information content (AvgIpc) is 2.73. The molecule has 148 valence electrons. The Balaban J connectivity index is 2.76. The van der Waals surface area contributed by atoms with E-state index in [9.17, 15) is 0 Å². The van der Waals surface area contributed by atoms with Crippen LogP contribution in [0.4, 0.5) is 0 Å². The minimum absolute atomic E-state index is 1.01. The summed E-state index contributed by atoms with van der Waals surface area (Å²) in [6.45, 7) is 14.6. The Labute approximate surface area is 169 Å². The second-order valence-corrected chi connectivity index (χ2v) is 18.5. The topological polar surface area (TPSA) is 12.9 Å². The maximum Gasteiger partial charge on any atom is 0.0862 e. The zero-order valence-electron chi connectivity index (χ0n) is 18.4. The Kier molecular flexibility index (Phi) is 8.05. The van der Waals surface area contributed by atoms with E-state index in [1.807, 2.05) is 12.3 Å². The summed E-state index contributed by atoms with van der Waals surface area (Å²) in [7, 11) is -2.89. The molecule has 27 heavy (non-hydrogen) atoms. The average molecular weight is 398 g/mol. The number of hydrogen-bond donors (Lipinski definition) is 0. The summed E-state index contributed by atoms with van der Waals surface area (Å²) in [6, 6.07) is 21.8. The highest BCUT2D eigenvalue weighted by Gasteiger charge is 2.37. The van der Waals surface area contributed by atoms with Crippen molar-refractivity contribution in [1.29, 1.82) is 0 Å². The fraction of sp³-hybridized carbons (Fsp3) is 0.542. The van der Waals surface area contributed by atoms with Crippen LogP contribution in [0.15, 0.2) is 42.6 Å². The lowest BCUT2D eigenvalue weighted by Gasteiger charge is -2.37. The van der Waals surface area contributed by atoms with Crippen molar-refractivity contribution in [2.75, 3.05) is 0 Å². The van der Waals surface area contributed by atoms with E-state index in [0.29, 0.717) is 0 Å². The molecule has 1 aromatic carbocycles. The molecule has 0 radical (unpaired) electrons. The summed E-state index contributed by atoms with van der Waals surface area (Å²) >= 11 is 0. The van der Waals surface area contributed by atoms with Gasteiger partial charge in [-0.25, -0.2) is 0 Å². The van der Waals surface area contributed by atoms with Gasteiger partial charge in [-0.1, -0.05) is 112 Å². The molecule has 1 heterocycles. The molecule has 0 aliphatic rings. The van der Waals surface area contributed by atoms with Crippen LogP contribution in [-0.4, -0.2) is 21.1 Å². The Morgan fingerprint density at radius 3 is 1.48 bits per heavy atom. The van der Waals surface area contributed by atoms with Crippen molar-refractivity contribution < 1.29 is 0 Å². The minimum Gasteiger partial charge on any atom is -0.261 e. The zero-order chi connectivity index (χ0) is 19.9. The van der Waals surface area contributed by atoms with E-state index >= 15 is 0 Å². The quantitative estimate of drug-likeness (QED) is 0.441. The zero-order valence-corrected chi connectivity index (χ0v) is 20.4. The molecule has 0 atom stereocenters. The smallest absolute Gasteiger partial charge is 0.0862 e. The van der Waals surface area contributed by atoms with Gasteiger partial charge in [0.05, 0.1) is 16.1 Å². The first-order chi connectivity index (χ1) is 13.1. The van der Waals surface area contributed by atoms with Gasteiger partial charge in [0.25, 0.3) is 0 Å². The van der Waals surface area contributed by atoms with Gasteiger partial charge in [-0.2, -0.15) is 0 Å². The van der Waals surface area contributed by atoms with Crippen molar-refractivity contribution in [2.45, 2.75) is 84.2 Å². The summed E-state index contributed by atoms with van der Waals surface area (Å²) in [6.07, 6.45) is 2.96. The number of hydrogen-bond acceptors (Lipinski definition) is 1. The molecule has 0 aliphatic heterocycles. The van der Waals surface area contributed by atoms with E-state index in [0.717, 1.165) is 6.42 Å². The lowest BCUT2D eigenvalue weighted by Crippen LogP contribution is -2.55. The predicted molar refractivity (Wildman–Crippen MR) is 127 cm³/mol. The molecule has 1 nitrogen and oxygen atoms in total. The highest BCUT2D eigenvalue weighted by molar-refractivity contribution is 6.95. The molecule has 0 aliphatic carbocycles. The van der Waals surface area contributed by atoms with Gasteiger partial charge in [-0.15, -0.1) is 0 Å². The van der Waals surface area contributed by atoms with E-state index in [1.54, 1.807) is 15.9 Å². The number of rotatable bonds is 10. The van der Waals surface area contributed by atoms with Gasteiger partial charge in [0.2, 0.25) is 0 Å². The monoisotopic (exact) mass is 397 g/mol. The van der Waals surface area contributed by atoms with Crippen LogP contribution >= 0.6 is 0 Å². The molecular formula is C24H39NSi2. The normalized spacial score (nSPS) is 12.4. The van der Waals surface area contributed by atoms with Crippen LogP contribution in [0.5, 0.6) is 0 Å². The molecular weight excluding hydrogens is 358 g/mol. The first-order valence-corrected chi connectivity index (χ1v) is 16.3. The maximum absolute atomic E-state index is 4.71. The third-order valence-corrected chi connectivity index (χ3v) is 18.8. The Morgan fingerprint density at radius 1 is 0.630 bits per heavy atom. The Morgan fingerprint density at radius 2 is 1.11 bits per heavy atom. The highest BCUT2D eigenvalue weighted by Crippen LogP contribution is 2.26. The Bertz CT molecular complexity index is 649. The molecule has 0 N–H and O–H groups in total. The van der Waals surface area contributed by atoms with Crippen molar-refractivity contribution in [3.8, 4) is 0 Å². The standard InChI is InChI=1S/C24H39NSi2/c1-7-26(8-2,9-3)23-17-15-18-24(27(10-4,11-5)12-6)22(23)20-21-16-13-14-19-25-21/h13-19H,7-12,20H2,1-6H3. The molecule has 0 unspecified atom stereocenters. The fourth-order valence-corrected chi connectivity index (χ4v) is 13.1. The molecule has 0 saturated heterocycles. The molecule has 0 saturated carbocycles. The largest absolute Gasteiger partial charge is 0.261 e. The summed E-state index contributed by atoms with van der Waals surface area (Å²) in [5, 5.41) is 3.48. The van der Waals surface area contributed by atoms with Gasteiger partial charge >= 0.3 is 0 Å². The van der Waals surface area contributed by atoms with Crippen molar-refractivity contribution in [2.24, 2.45) is 0 Å². The Hall–Kier alpha value is -1.20. The number of pyridine rings is 1. The van der Waals surface area contributed by atoms with Gasteiger partial charge in [0.15, 0.2) is 0 Å². The first kappa shape index (κ1) is 22.1. The lowest BCUT2D eigenvalue weighted by molar-refractivity contribution is 1.07. The second kappa shape index (κ2) is 9.83. The van der Waals surface area contributed by atoms with Crippen LogP contribution < -0.4 is 10.4 Å². The number of nitrogens with zero attached hydrogens (tertiary/aromatic N) is 1. The van der Waals surface area contributed by atoms with Gasteiger partial charge in [-0.3, -0.25) is 4.98 Å². The van der Waals surface area contributed by atoms with Crippen molar-refractivity contribution in [3.63, 3.8) is 0 Å². The highest BCUT2D eigenvalue weighted by atomic mass is 28.3. The summed E-state index contributed by atoms with van der Waals surface area (Å²) in [5.74, 6) is 0. The molecule has 3 heteroatoms. The minimum atomic E-state index is -1.45. The van der Waals surface area contributed by atoms with Crippen molar-refractivity contribution >= 4 is 26.5 Å². The van der Waals surface area contributed by atoms with Gasteiger partial charge < -0.3 is 0 Å². The van der Waals surface area contributed by atoms with E-state index in [-0.39, 0.29) is 0 Å². The predicted octanol–water partition coefficient (Wildman–Crippen LogP) is 6.10. The van der Waals surface area contributed by atoms with Gasteiger partial charge in [0, 0.05) is 18.3 Å². The van der Waals surface area contributed by atoms with Crippen LogP contribution in [0.1, 0.15) is 52.8 Å². The fourth-order valence-electron chi connectivity index (χ4n) is 5.10. The molecule has 0 amide bonds. The third kappa shape index (κ3) is 4.29. The van der Waals surface area contributed by atoms with E-state index in [1.165, 1.54) is 42.0 Å². The molecule has 0 bridgehead atoms. The molecule has 1 aromatic heterocycles. The van der Waals surface area contributed by atoms with Crippen LogP contribution in [0.2, 0.25) is 36.3 Å². The summed E-state index contributed by atoms with van der Waals surface area (Å²) in [4.78, 5) is 4.71. The number of benzene rings is 1. The van der Waals surface area contributed by atoms with Gasteiger partial charge in [-0.05, 0) is 17.7 Å². The van der Waals surface area contributed by atoms with Crippen LogP contribution in [0.25, 0.3) is 0 Å². The SMILES string of the molecule is CC[Si](CC)(CC)c1cccc([Si](CC)(CC)CC)c1Cc1ccccn1. The molecule has 0 spiro atoms. The third-order valence-electron chi connectivity index (χ3n) is 7.46. The van der Waals surface area contributed by atoms with Crippen LogP contribution in [0.3, 0.4) is 0 Å². The van der Waals surface area contributed by atoms with Crippen molar-refractivity contribution in [1.82, 2.24) is 4.98 Å². The molecule has 2 rings (SSSR count). The van der Waals surface area contributed by atoms with E-state index in [4.69, 9.17) is 4.98 Å².